The highest BCUT2D eigenvalue weighted by Crippen LogP contribution is 2.29. The molecule has 0 spiro atoms. The van der Waals surface area contributed by atoms with Crippen LogP contribution in [0.1, 0.15) is 24.5 Å². The third-order valence-corrected chi connectivity index (χ3v) is 5.65. The number of aliphatic hydroxyl groups is 1. The zero-order valence-corrected chi connectivity index (χ0v) is 12.1. The number of nitrogens with zero attached hydrogens (tertiary/aromatic N) is 1. The summed E-state index contributed by atoms with van der Waals surface area (Å²) in [6, 6.07) is 7.75. The van der Waals surface area contributed by atoms with Crippen LogP contribution in [0.4, 0.5) is 0 Å². The maximum atomic E-state index is 11.8. The topological polar surface area (TPSA) is 71.3 Å². The minimum absolute atomic E-state index is 0.0207. The van der Waals surface area contributed by atoms with E-state index in [9.17, 15) is 13.5 Å². The molecule has 108 valence electrons. The first kappa shape index (κ1) is 13.6. The maximum absolute atomic E-state index is 11.8. The van der Waals surface area contributed by atoms with Crippen molar-refractivity contribution >= 4 is 20.9 Å². The molecule has 6 heteroatoms. The van der Waals surface area contributed by atoms with Crippen LogP contribution in [0.2, 0.25) is 0 Å². The molecule has 2 N–H and O–H groups in total. The van der Waals surface area contributed by atoms with Gasteiger partial charge in [-0.3, -0.25) is 0 Å². The fourth-order valence-electron chi connectivity index (χ4n) is 2.44. The Hall–Kier alpha value is -1.37. The Labute approximate surface area is 118 Å². The predicted octanol–water partition coefficient (Wildman–Crippen LogP) is 1.29. The monoisotopic (exact) mass is 294 g/mol. The lowest BCUT2D eigenvalue weighted by Gasteiger charge is -2.11. The van der Waals surface area contributed by atoms with Gasteiger partial charge in [-0.25, -0.2) is 13.1 Å². The summed E-state index contributed by atoms with van der Waals surface area (Å²) in [6.45, 7) is 0.0207. The number of rotatable bonds is 5. The Balaban J connectivity index is 1.80. The lowest BCUT2D eigenvalue weighted by molar-refractivity contribution is 0.183. The van der Waals surface area contributed by atoms with E-state index in [1.807, 2.05) is 42.1 Å². The first-order valence-corrected chi connectivity index (χ1v) is 8.24. The second-order valence-electron chi connectivity index (χ2n) is 5.32. The third kappa shape index (κ3) is 2.46. The average molecular weight is 294 g/mol. The predicted molar refractivity (Wildman–Crippen MR) is 77.8 cm³/mol. The van der Waals surface area contributed by atoms with Gasteiger partial charge in [0.25, 0.3) is 0 Å². The molecule has 1 fully saturated rings. The van der Waals surface area contributed by atoms with Crippen LogP contribution in [-0.2, 0) is 17.1 Å². The molecule has 1 saturated carbocycles. The zero-order valence-electron chi connectivity index (χ0n) is 11.3. The molecular weight excluding hydrogens is 276 g/mol. The van der Waals surface area contributed by atoms with Crippen molar-refractivity contribution in [2.45, 2.75) is 24.2 Å². The van der Waals surface area contributed by atoms with E-state index in [4.69, 9.17) is 0 Å². The van der Waals surface area contributed by atoms with E-state index in [1.165, 1.54) is 0 Å². The first-order chi connectivity index (χ1) is 9.49. The Morgan fingerprint density at radius 3 is 2.80 bits per heavy atom. The van der Waals surface area contributed by atoms with Gasteiger partial charge < -0.3 is 9.67 Å². The Kier molecular flexibility index (Phi) is 3.32. The number of fused-ring (bicyclic) bond motifs is 1. The van der Waals surface area contributed by atoms with Crippen LogP contribution in [0.25, 0.3) is 10.9 Å². The molecule has 0 amide bonds. The minimum Gasteiger partial charge on any atom is -0.387 e. The van der Waals surface area contributed by atoms with Crippen LogP contribution in [0.5, 0.6) is 0 Å². The van der Waals surface area contributed by atoms with Gasteiger partial charge in [0.2, 0.25) is 10.0 Å². The summed E-state index contributed by atoms with van der Waals surface area (Å²) < 4.78 is 28.0. The first-order valence-electron chi connectivity index (χ1n) is 6.69. The van der Waals surface area contributed by atoms with E-state index in [0.29, 0.717) is 0 Å². The highest BCUT2D eigenvalue weighted by atomic mass is 32.2. The second kappa shape index (κ2) is 4.87. The second-order valence-corrected chi connectivity index (χ2v) is 7.37. The van der Waals surface area contributed by atoms with E-state index in [0.717, 1.165) is 29.3 Å². The molecular formula is C14H18N2O3S. The van der Waals surface area contributed by atoms with E-state index < -0.39 is 16.1 Å². The van der Waals surface area contributed by atoms with Crippen molar-refractivity contribution in [3.8, 4) is 0 Å². The summed E-state index contributed by atoms with van der Waals surface area (Å²) in [6.07, 6.45) is 2.45. The number of hydrogen-bond donors (Lipinski definition) is 2. The van der Waals surface area contributed by atoms with Gasteiger partial charge in [0.05, 0.1) is 11.4 Å². The number of sulfonamides is 1. The summed E-state index contributed by atoms with van der Waals surface area (Å²) in [5, 5.41) is 10.9. The average Bonchev–Trinajstić information content (AvgIpc) is 3.23. The number of hydrogen-bond acceptors (Lipinski definition) is 3. The molecule has 1 atom stereocenters. The van der Waals surface area contributed by atoms with Crippen molar-refractivity contribution in [1.29, 1.82) is 0 Å². The molecule has 20 heavy (non-hydrogen) atoms. The van der Waals surface area contributed by atoms with Crippen molar-refractivity contribution in [1.82, 2.24) is 9.29 Å². The largest absolute Gasteiger partial charge is 0.387 e. The van der Waals surface area contributed by atoms with Crippen LogP contribution in [0, 0.1) is 0 Å². The summed E-state index contributed by atoms with van der Waals surface area (Å²) >= 11 is 0. The molecule has 0 saturated heterocycles. The maximum Gasteiger partial charge on any atom is 0.214 e. The molecule has 1 aliphatic rings. The quantitative estimate of drug-likeness (QED) is 0.873. The van der Waals surface area contributed by atoms with Crippen molar-refractivity contribution in [3.63, 3.8) is 0 Å². The SMILES string of the molecule is Cn1cc(C(O)CNS(=O)(=O)C2CC2)c2ccccc21. The third-order valence-electron chi connectivity index (χ3n) is 3.73. The summed E-state index contributed by atoms with van der Waals surface area (Å²) in [5.41, 5.74) is 1.77. The zero-order chi connectivity index (χ0) is 14.3. The number of aryl methyl sites for hydroxylation is 1. The summed E-state index contributed by atoms with van der Waals surface area (Å²) in [5.74, 6) is 0. The van der Waals surface area contributed by atoms with Crippen molar-refractivity contribution < 1.29 is 13.5 Å². The van der Waals surface area contributed by atoms with Crippen molar-refractivity contribution in [2.24, 2.45) is 7.05 Å². The number of para-hydroxylation sites is 1. The number of aromatic nitrogens is 1. The molecule has 5 nitrogen and oxygen atoms in total. The molecule has 1 aromatic carbocycles. The highest BCUT2D eigenvalue weighted by molar-refractivity contribution is 7.90. The molecule has 3 rings (SSSR count). The Morgan fingerprint density at radius 1 is 1.40 bits per heavy atom. The number of aliphatic hydroxyl groups excluding tert-OH is 1. The van der Waals surface area contributed by atoms with Crippen LogP contribution in [-0.4, -0.2) is 29.9 Å². The fourth-order valence-corrected chi connectivity index (χ4v) is 3.82. The summed E-state index contributed by atoms with van der Waals surface area (Å²) in [4.78, 5) is 0. The van der Waals surface area contributed by atoms with Crippen LogP contribution < -0.4 is 4.72 Å². The molecule has 0 radical (unpaired) electrons. The van der Waals surface area contributed by atoms with Gasteiger partial charge in [0.1, 0.15) is 0 Å². The van der Waals surface area contributed by atoms with E-state index in [-0.39, 0.29) is 11.8 Å². The van der Waals surface area contributed by atoms with Gasteiger partial charge in [-0.05, 0) is 18.9 Å². The van der Waals surface area contributed by atoms with E-state index in [1.54, 1.807) is 0 Å². The Morgan fingerprint density at radius 2 is 2.10 bits per heavy atom. The number of nitrogens with one attached hydrogen (secondary N) is 1. The smallest absolute Gasteiger partial charge is 0.214 e. The normalized spacial score (nSPS) is 17.5. The van der Waals surface area contributed by atoms with Gasteiger partial charge in [-0.1, -0.05) is 18.2 Å². The van der Waals surface area contributed by atoms with Gasteiger partial charge in [-0.15, -0.1) is 0 Å². The highest BCUT2D eigenvalue weighted by Gasteiger charge is 2.35. The van der Waals surface area contributed by atoms with E-state index in [2.05, 4.69) is 4.72 Å². The number of benzene rings is 1. The van der Waals surface area contributed by atoms with Gasteiger partial charge in [0, 0.05) is 36.3 Å². The van der Waals surface area contributed by atoms with Crippen LogP contribution in [0.3, 0.4) is 0 Å². The van der Waals surface area contributed by atoms with E-state index >= 15 is 0 Å². The molecule has 1 aromatic heterocycles. The standard InChI is InChI=1S/C14H18N2O3S/c1-16-9-12(11-4-2-3-5-13(11)16)14(17)8-15-20(18,19)10-6-7-10/h2-5,9-10,14-15,17H,6-8H2,1H3. The lowest BCUT2D eigenvalue weighted by Crippen LogP contribution is -2.31. The van der Waals surface area contributed by atoms with Crippen LogP contribution in [0.15, 0.2) is 30.5 Å². The fraction of sp³-hybridized carbons (Fsp3) is 0.429. The molecule has 1 aliphatic carbocycles. The molecule has 0 bridgehead atoms. The van der Waals surface area contributed by atoms with Crippen molar-refractivity contribution in [2.75, 3.05) is 6.54 Å². The van der Waals surface area contributed by atoms with Gasteiger partial charge in [-0.2, -0.15) is 0 Å². The lowest BCUT2D eigenvalue weighted by atomic mass is 10.1. The summed E-state index contributed by atoms with van der Waals surface area (Å²) in [7, 11) is -1.34. The minimum atomic E-state index is -3.25. The Bertz CT molecular complexity index is 732. The molecule has 1 heterocycles. The van der Waals surface area contributed by atoms with Gasteiger partial charge in [0.15, 0.2) is 0 Å². The molecule has 0 aliphatic heterocycles. The molecule has 1 unspecified atom stereocenters. The van der Waals surface area contributed by atoms with Crippen molar-refractivity contribution in [3.05, 3.63) is 36.0 Å². The molecule has 2 aromatic rings. The van der Waals surface area contributed by atoms with Gasteiger partial charge >= 0.3 is 0 Å². The van der Waals surface area contributed by atoms with Crippen LogP contribution >= 0.6 is 0 Å².